The van der Waals surface area contributed by atoms with Gasteiger partial charge in [-0.3, -0.25) is 4.68 Å². The van der Waals surface area contributed by atoms with Crippen molar-refractivity contribution >= 4 is 11.6 Å². The second kappa shape index (κ2) is 3.72. The summed E-state index contributed by atoms with van der Waals surface area (Å²) in [7, 11) is 1.81. The van der Waals surface area contributed by atoms with Crippen LogP contribution in [0.15, 0.2) is 22.9 Å². The third-order valence-corrected chi connectivity index (χ3v) is 2.63. The maximum atomic E-state index is 6.07. The van der Waals surface area contributed by atoms with Gasteiger partial charge in [-0.05, 0) is 13.0 Å². The maximum Gasteiger partial charge on any atom is 0.101 e. The zero-order valence-corrected chi connectivity index (χ0v) is 9.32. The van der Waals surface area contributed by atoms with Crippen LogP contribution >= 0.6 is 11.6 Å². The minimum Gasteiger partial charge on any atom is -0.469 e. The van der Waals surface area contributed by atoms with E-state index in [0.717, 1.165) is 17.0 Å². The van der Waals surface area contributed by atoms with Crippen molar-refractivity contribution in [1.29, 1.82) is 0 Å². The van der Waals surface area contributed by atoms with Gasteiger partial charge >= 0.3 is 0 Å². The molecule has 5 heteroatoms. The minimum atomic E-state index is -0.303. The second-order valence-electron chi connectivity index (χ2n) is 3.47. The molecule has 2 aromatic rings. The largest absolute Gasteiger partial charge is 0.469 e. The molecule has 2 heterocycles. The summed E-state index contributed by atoms with van der Waals surface area (Å²) in [6.07, 6.45) is 3.23. The normalized spacial score (nSPS) is 13.1. The Bertz CT molecular complexity index is 455. The standard InChI is InChI=1S/C10H12ClN3O/c1-6-3-7(5-15-6)9(12)10-8(11)4-13-14(10)2/h3-5,9H,12H2,1-2H3. The summed E-state index contributed by atoms with van der Waals surface area (Å²) in [6.45, 7) is 1.88. The van der Waals surface area contributed by atoms with Crippen molar-refractivity contribution in [3.8, 4) is 0 Å². The van der Waals surface area contributed by atoms with Gasteiger partial charge in [-0.2, -0.15) is 5.10 Å². The van der Waals surface area contributed by atoms with Crippen LogP contribution in [0, 0.1) is 6.92 Å². The number of aromatic nitrogens is 2. The predicted octanol–water partition coefficient (Wildman–Crippen LogP) is 2.02. The Morgan fingerprint density at radius 1 is 1.60 bits per heavy atom. The van der Waals surface area contributed by atoms with Crippen molar-refractivity contribution < 1.29 is 4.42 Å². The third kappa shape index (κ3) is 1.78. The first-order chi connectivity index (χ1) is 7.09. The zero-order valence-electron chi connectivity index (χ0n) is 8.57. The quantitative estimate of drug-likeness (QED) is 0.851. The number of aryl methyl sites for hydroxylation is 2. The van der Waals surface area contributed by atoms with E-state index in [0.29, 0.717) is 5.02 Å². The fourth-order valence-electron chi connectivity index (χ4n) is 1.55. The molecule has 4 nitrogen and oxygen atoms in total. The van der Waals surface area contributed by atoms with Gasteiger partial charge in [-0.1, -0.05) is 11.6 Å². The van der Waals surface area contributed by atoms with Crippen LogP contribution in [-0.2, 0) is 7.05 Å². The van der Waals surface area contributed by atoms with Gasteiger partial charge in [0.2, 0.25) is 0 Å². The van der Waals surface area contributed by atoms with E-state index in [2.05, 4.69) is 5.10 Å². The highest BCUT2D eigenvalue weighted by atomic mass is 35.5. The summed E-state index contributed by atoms with van der Waals surface area (Å²) in [4.78, 5) is 0. The van der Waals surface area contributed by atoms with Crippen LogP contribution in [0.2, 0.25) is 5.02 Å². The van der Waals surface area contributed by atoms with Crippen molar-refractivity contribution in [2.24, 2.45) is 12.8 Å². The number of rotatable bonds is 2. The molecule has 15 heavy (non-hydrogen) atoms. The highest BCUT2D eigenvalue weighted by molar-refractivity contribution is 6.31. The molecular formula is C10H12ClN3O. The molecule has 2 N–H and O–H groups in total. The number of furan rings is 1. The van der Waals surface area contributed by atoms with Crippen LogP contribution in [0.5, 0.6) is 0 Å². The number of halogens is 1. The van der Waals surface area contributed by atoms with Gasteiger partial charge in [0.25, 0.3) is 0 Å². The Kier molecular flexibility index (Phi) is 2.54. The minimum absolute atomic E-state index is 0.303. The van der Waals surface area contributed by atoms with Crippen molar-refractivity contribution in [1.82, 2.24) is 9.78 Å². The Hall–Kier alpha value is -1.26. The van der Waals surface area contributed by atoms with Gasteiger partial charge < -0.3 is 10.2 Å². The summed E-state index contributed by atoms with van der Waals surface area (Å²) < 4.78 is 6.89. The van der Waals surface area contributed by atoms with Gasteiger partial charge in [0.15, 0.2) is 0 Å². The lowest BCUT2D eigenvalue weighted by Gasteiger charge is -2.10. The van der Waals surface area contributed by atoms with Crippen molar-refractivity contribution in [2.75, 3.05) is 0 Å². The first kappa shape index (κ1) is 10.3. The Balaban J connectivity index is 2.40. The van der Waals surface area contributed by atoms with Gasteiger partial charge in [0, 0.05) is 12.6 Å². The van der Waals surface area contributed by atoms with E-state index < -0.39 is 0 Å². The summed E-state index contributed by atoms with van der Waals surface area (Å²) in [5, 5.41) is 4.62. The topological polar surface area (TPSA) is 57.0 Å². The fraction of sp³-hybridized carbons (Fsp3) is 0.300. The average Bonchev–Trinajstić information content (AvgIpc) is 2.73. The smallest absolute Gasteiger partial charge is 0.101 e. The van der Waals surface area contributed by atoms with E-state index in [-0.39, 0.29) is 6.04 Å². The highest BCUT2D eigenvalue weighted by Crippen LogP contribution is 2.26. The molecule has 0 aromatic carbocycles. The monoisotopic (exact) mass is 225 g/mol. The Labute approximate surface area is 92.6 Å². The molecule has 0 aliphatic rings. The van der Waals surface area contributed by atoms with E-state index in [4.69, 9.17) is 21.8 Å². The van der Waals surface area contributed by atoms with Crippen molar-refractivity contribution in [3.63, 3.8) is 0 Å². The molecule has 0 aliphatic carbocycles. The number of hydrogen-bond donors (Lipinski definition) is 1. The first-order valence-corrected chi connectivity index (χ1v) is 4.95. The van der Waals surface area contributed by atoms with Crippen LogP contribution in [0.1, 0.15) is 23.1 Å². The summed E-state index contributed by atoms with van der Waals surface area (Å²) in [5.74, 6) is 0.832. The van der Waals surface area contributed by atoms with Gasteiger partial charge in [0.1, 0.15) is 5.76 Å². The van der Waals surface area contributed by atoms with Crippen molar-refractivity contribution in [2.45, 2.75) is 13.0 Å². The highest BCUT2D eigenvalue weighted by Gasteiger charge is 2.18. The molecule has 0 amide bonds. The van der Waals surface area contributed by atoms with Gasteiger partial charge in [-0.25, -0.2) is 0 Å². The van der Waals surface area contributed by atoms with Crippen LogP contribution in [-0.4, -0.2) is 9.78 Å². The fourth-order valence-corrected chi connectivity index (χ4v) is 1.84. The summed E-state index contributed by atoms with van der Waals surface area (Å²) in [5.41, 5.74) is 7.76. The molecule has 1 atom stereocenters. The molecule has 0 saturated carbocycles. The molecule has 0 bridgehead atoms. The second-order valence-corrected chi connectivity index (χ2v) is 3.88. The van der Waals surface area contributed by atoms with Crippen LogP contribution < -0.4 is 5.73 Å². The first-order valence-electron chi connectivity index (χ1n) is 4.57. The molecule has 0 spiro atoms. The zero-order chi connectivity index (χ0) is 11.0. The SMILES string of the molecule is Cc1cc(C(N)c2c(Cl)cnn2C)co1. The molecular weight excluding hydrogens is 214 g/mol. The number of hydrogen-bond acceptors (Lipinski definition) is 3. The molecule has 2 aromatic heterocycles. The lowest BCUT2D eigenvalue weighted by Crippen LogP contribution is -2.15. The predicted molar refractivity (Wildman–Crippen MR) is 57.7 cm³/mol. The van der Waals surface area contributed by atoms with Crippen LogP contribution in [0.25, 0.3) is 0 Å². The lowest BCUT2D eigenvalue weighted by molar-refractivity contribution is 0.529. The van der Waals surface area contributed by atoms with Gasteiger partial charge in [-0.15, -0.1) is 0 Å². The molecule has 0 fully saturated rings. The van der Waals surface area contributed by atoms with Crippen molar-refractivity contribution in [3.05, 3.63) is 40.6 Å². The molecule has 1 unspecified atom stereocenters. The van der Waals surface area contributed by atoms with E-state index in [1.807, 2.05) is 20.0 Å². The summed E-state index contributed by atoms with van der Waals surface area (Å²) >= 11 is 6.00. The third-order valence-electron chi connectivity index (χ3n) is 2.34. The van der Waals surface area contributed by atoms with Gasteiger partial charge in [0.05, 0.1) is 29.2 Å². The van der Waals surface area contributed by atoms with E-state index in [1.165, 1.54) is 0 Å². The van der Waals surface area contributed by atoms with E-state index in [9.17, 15) is 0 Å². The van der Waals surface area contributed by atoms with Crippen LogP contribution in [0.4, 0.5) is 0 Å². The molecule has 0 radical (unpaired) electrons. The summed E-state index contributed by atoms with van der Waals surface area (Å²) in [6, 6.07) is 1.59. The molecule has 2 rings (SSSR count). The van der Waals surface area contributed by atoms with E-state index in [1.54, 1.807) is 17.1 Å². The number of nitrogens with two attached hydrogens (primary N) is 1. The lowest BCUT2D eigenvalue weighted by atomic mass is 10.1. The molecule has 0 aliphatic heterocycles. The Morgan fingerprint density at radius 3 is 2.80 bits per heavy atom. The number of nitrogens with zero attached hydrogens (tertiary/aromatic N) is 2. The molecule has 0 saturated heterocycles. The molecule has 80 valence electrons. The van der Waals surface area contributed by atoms with E-state index >= 15 is 0 Å². The Morgan fingerprint density at radius 2 is 2.33 bits per heavy atom. The maximum absolute atomic E-state index is 6.07. The average molecular weight is 226 g/mol. The van der Waals surface area contributed by atoms with Crippen LogP contribution in [0.3, 0.4) is 0 Å².